The number of nitrogens with zero attached hydrogens (tertiary/aromatic N) is 2. The third kappa shape index (κ3) is 1.80. The molecule has 11 heavy (non-hydrogen) atoms. The molecule has 2 atom stereocenters. The van der Waals surface area contributed by atoms with Crippen molar-refractivity contribution in [3.8, 4) is 0 Å². The van der Waals surface area contributed by atoms with Crippen LogP contribution in [0.1, 0.15) is 19.9 Å². The summed E-state index contributed by atoms with van der Waals surface area (Å²) in [5, 5.41) is 8.87. The minimum atomic E-state index is 0.222. The summed E-state index contributed by atoms with van der Waals surface area (Å²) in [7, 11) is 0. The lowest BCUT2D eigenvalue weighted by Gasteiger charge is -2.18. The SMILES string of the molecule is CC(CO)C(C)n1ccnc1. The summed E-state index contributed by atoms with van der Waals surface area (Å²) in [5.74, 6) is 0.282. The lowest BCUT2D eigenvalue weighted by atomic mass is 10.1. The molecule has 0 saturated heterocycles. The molecule has 2 unspecified atom stereocenters. The Bertz CT molecular complexity index is 196. The normalized spacial score (nSPS) is 16.3. The number of hydrogen-bond donors (Lipinski definition) is 1. The number of imidazole rings is 1. The fourth-order valence-electron chi connectivity index (χ4n) is 0.957. The molecule has 0 aliphatic rings. The van der Waals surface area contributed by atoms with Gasteiger partial charge in [-0.1, -0.05) is 6.92 Å². The minimum absolute atomic E-state index is 0.222. The summed E-state index contributed by atoms with van der Waals surface area (Å²) in [6.07, 6.45) is 5.44. The van der Waals surface area contributed by atoms with Crippen LogP contribution in [0, 0.1) is 5.92 Å². The predicted molar refractivity (Wildman–Crippen MR) is 43.2 cm³/mol. The number of aromatic nitrogens is 2. The van der Waals surface area contributed by atoms with Crippen LogP contribution in [0.4, 0.5) is 0 Å². The van der Waals surface area contributed by atoms with Crippen molar-refractivity contribution in [2.24, 2.45) is 5.92 Å². The number of aliphatic hydroxyl groups is 1. The van der Waals surface area contributed by atoms with Gasteiger partial charge >= 0.3 is 0 Å². The van der Waals surface area contributed by atoms with E-state index in [2.05, 4.69) is 11.9 Å². The van der Waals surface area contributed by atoms with Gasteiger partial charge in [0.05, 0.1) is 6.33 Å². The first kappa shape index (κ1) is 8.27. The first-order valence-corrected chi connectivity index (χ1v) is 3.84. The van der Waals surface area contributed by atoms with Crippen molar-refractivity contribution in [1.82, 2.24) is 9.55 Å². The lowest BCUT2D eigenvalue weighted by molar-refractivity contribution is 0.197. The molecule has 0 aliphatic heterocycles. The molecule has 1 N–H and O–H groups in total. The molecule has 0 spiro atoms. The molecule has 0 aromatic carbocycles. The van der Waals surface area contributed by atoms with Crippen molar-refractivity contribution in [3.05, 3.63) is 18.7 Å². The van der Waals surface area contributed by atoms with Crippen molar-refractivity contribution in [2.75, 3.05) is 6.61 Å². The van der Waals surface area contributed by atoms with Gasteiger partial charge in [0.1, 0.15) is 0 Å². The Kier molecular flexibility index (Phi) is 2.65. The van der Waals surface area contributed by atoms with Crippen molar-refractivity contribution in [2.45, 2.75) is 19.9 Å². The van der Waals surface area contributed by atoms with Gasteiger partial charge in [0, 0.05) is 25.0 Å². The summed E-state index contributed by atoms with van der Waals surface area (Å²) >= 11 is 0. The van der Waals surface area contributed by atoms with Gasteiger partial charge in [-0.3, -0.25) is 0 Å². The topological polar surface area (TPSA) is 38.0 Å². The second kappa shape index (κ2) is 3.53. The number of rotatable bonds is 3. The molecule has 1 rings (SSSR count). The summed E-state index contributed by atoms with van der Waals surface area (Å²) in [4.78, 5) is 3.94. The molecule has 1 heterocycles. The van der Waals surface area contributed by atoms with Gasteiger partial charge in [-0.05, 0) is 12.8 Å². The summed E-state index contributed by atoms with van der Waals surface area (Å²) < 4.78 is 2.00. The molecule has 0 amide bonds. The standard InChI is InChI=1S/C8H14N2O/c1-7(5-11)8(2)10-4-3-9-6-10/h3-4,6-8,11H,5H2,1-2H3. The van der Waals surface area contributed by atoms with Gasteiger partial charge < -0.3 is 9.67 Å². The van der Waals surface area contributed by atoms with E-state index in [-0.39, 0.29) is 12.5 Å². The molecule has 3 nitrogen and oxygen atoms in total. The third-order valence-corrected chi connectivity index (χ3v) is 2.11. The molecular formula is C8H14N2O. The number of aliphatic hydroxyl groups excluding tert-OH is 1. The van der Waals surface area contributed by atoms with E-state index in [9.17, 15) is 0 Å². The molecule has 0 radical (unpaired) electrons. The van der Waals surface area contributed by atoms with Gasteiger partial charge in [-0.25, -0.2) is 4.98 Å². The molecule has 0 fully saturated rings. The van der Waals surface area contributed by atoms with Crippen LogP contribution < -0.4 is 0 Å². The van der Waals surface area contributed by atoms with Crippen LogP contribution in [0.25, 0.3) is 0 Å². The van der Waals surface area contributed by atoms with Crippen molar-refractivity contribution in [3.63, 3.8) is 0 Å². The van der Waals surface area contributed by atoms with E-state index in [4.69, 9.17) is 5.11 Å². The highest BCUT2D eigenvalue weighted by molar-refractivity contribution is 4.80. The molecule has 1 aromatic rings. The molecule has 0 saturated carbocycles. The second-order valence-electron chi connectivity index (χ2n) is 2.91. The Morgan fingerprint density at radius 3 is 2.73 bits per heavy atom. The first-order valence-electron chi connectivity index (χ1n) is 3.84. The van der Waals surface area contributed by atoms with Crippen LogP contribution >= 0.6 is 0 Å². The van der Waals surface area contributed by atoms with E-state index in [0.29, 0.717) is 6.04 Å². The van der Waals surface area contributed by atoms with Gasteiger partial charge in [0.2, 0.25) is 0 Å². The predicted octanol–water partition coefficient (Wildman–Crippen LogP) is 1.07. The van der Waals surface area contributed by atoms with E-state index in [0.717, 1.165) is 0 Å². The summed E-state index contributed by atoms with van der Waals surface area (Å²) in [6, 6.07) is 0.322. The van der Waals surface area contributed by atoms with E-state index >= 15 is 0 Å². The monoisotopic (exact) mass is 154 g/mol. The summed E-state index contributed by atoms with van der Waals surface area (Å²) in [5.41, 5.74) is 0. The Morgan fingerprint density at radius 2 is 2.27 bits per heavy atom. The molecular weight excluding hydrogens is 140 g/mol. The zero-order valence-electron chi connectivity index (χ0n) is 6.94. The van der Waals surface area contributed by atoms with Crippen LogP contribution in [-0.4, -0.2) is 21.3 Å². The highest BCUT2D eigenvalue weighted by atomic mass is 16.3. The maximum atomic E-state index is 8.87. The maximum Gasteiger partial charge on any atom is 0.0948 e. The van der Waals surface area contributed by atoms with Crippen LogP contribution in [0.2, 0.25) is 0 Å². The second-order valence-corrected chi connectivity index (χ2v) is 2.91. The van der Waals surface area contributed by atoms with E-state index in [1.807, 2.05) is 17.7 Å². The van der Waals surface area contributed by atoms with E-state index in [1.54, 1.807) is 12.5 Å². The average Bonchev–Trinajstić information content (AvgIpc) is 2.53. The van der Waals surface area contributed by atoms with Gasteiger partial charge in [-0.2, -0.15) is 0 Å². The largest absolute Gasteiger partial charge is 0.396 e. The Balaban J connectivity index is 2.62. The van der Waals surface area contributed by atoms with Crippen LogP contribution in [0.5, 0.6) is 0 Å². The van der Waals surface area contributed by atoms with Crippen molar-refractivity contribution < 1.29 is 5.11 Å². The Labute approximate surface area is 66.7 Å². The minimum Gasteiger partial charge on any atom is -0.396 e. The van der Waals surface area contributed by atoms with Gasteiger partial charge in [0.25, 0.3) is 0 Å². The third-order valence-electron chi connectivity index (χ3n) is 2.11. The van der Waals surface area contributed by atoms with Gasteiger partial charge in [-0.15, -0.1) is 0 Å². The smallest absolute Gasteiger partial charge is 0.0948 e. The Morgan fingerprint density at radius 1 is 1.55 bits per heavy atom. The van der Waals surface area contributed by atoms with Crippen molar-refractivity contribution >= 4 is 0 Å². The van der Waals surface area contributed by atoms with Crippen molar-refractivity contribution in [1.29, 1.82) is 0 Å². The lowest BCUT2D eigenvalue weighted by Crippen LogP contribution is -2.15. The Hall–Kier alpha value is -0.830. The van der Waals surface area contributed by atoms with Crippen LogP contribution in [0.3, 0.4) is 0 Å². The molecule has 0 bridgehead atoms. The average molecular weight is 154 g/mol. The molecule has 3 heteroatoms. The van der Waals surface area contributed by atoms with E-state index < -0.39 is 0 Å². The fraction of sp³-hybridized carbons (Fsp3) is 0.625. The maximum absolute atomic E-state index is 8.87. The van der Waals surface area contributed by atoms with Crippen LogP contribution in [0.15, 0.2) is 18.7 Å². The quantitative estimate of drug-likeness (QED) is 0.707. The molecule has 62 valence electrons. The summed E-state index contributed by atoms with van der Waals surface area (Å²) in [6.45, 7) is 4.31. The first-order chi connectivity index (χ1) is 5.25. The fourth-order valence-corrected chi connectivity index (χ4v) is 0.957. The molecule has 0 aliphatic carbocycles. The highest BCUT2D eigenvalue weighted by Gasteiger charge is 2.11. The zero-order chi connectivity index (χ0) is 8.27. The van der Waals surface area contributed by atoms with Gasteiger partial charge in [0.15, 0.2) is 0 Å². The van der Waals surface area contributed by atoms with Crippen LogP contribution in [-0.2, 0) is 0 Å². The molecule has 1 aromatic heterocycles. The number of hydrogen-bond acceptors (Lipinski definition) is 2. The van der Waals surface area contributed by atoms with E-state index in [1.165, 1.54) is 0 Å². The highest BCUT2D eigenvalue weighted by Crippen LogP contribution is 2.15. The zero-order valence-corrected chi connectivity index (χ0v) is 6.94.